The third-order valence-electron chi connectivity index (χ3n) is 2.77. The first kappa shape index (κ1) is 15.6. The van der Waals surface area contributed by atoms with Crippen LogP contribution in [0, 0.1) is 10.5 Å². The molecule has 18 heavy (non-hydrogen) atoms. The molecular formula is C13H17F3IN. The molecule has 0 aliphatic heterocycles. The van der Waals surface area contributed by atoms with Gasteiger partial charge in [0, 0.05) is 21.7 Å². The van der Waals surface area contributed by atoms with E-state index in [9.17, 15) is 13.2 Å². The third kappa shape index (κ3) is 5.46. The molecule has 0 aliphatic carbocycles. The molecule has 0 amide bonds. The van der Waals surface area contributed by atoms with Crippen LogP contribution in [0.4, 0.5) is 18.9 Å². The Bertz CT molecular complexity index is 390. The number of nitrogens with one attached hydrogen (secondary N) is 1. The number of hydrogen-bond donors (Lipinski definition) is 1. The number of benzene rings is 1. The van der Waals surface area contributed by atoms with Crippen LogP contribution in [0.3, 0.4) is 0 Å². The maximum atomic E-state index is 12.0. The van der Waals surface area contributed by atoms with E-state index in [1.165, 1.54) is 0 Å². The predicted octanol–water partition coefficient (Wildman–Crippen LogP) is 5.13. The molecule has 0 spiro atoms. The van der Waals surface area contributed by atoms with E-state index in [4.69, 9.17) is 0 Å². The Labute approximate surface area is 119 Å². The van der Waals surface area contributed by atoms with Crippen molar-refractivity contribution in [1.82, 2.24) is 0 Å². The molecule has 1 aromatic carbocycles. The monoisotopic (exact) mass is 371 g/mol. The van der Waals surface area contributed by atoms with E-state index in [2.05, 4.69) is 27.9 Å². The van der Waals surface area contributed by atoms with Gasteiger partial charge in [-0.25, -0.2) is 0 Å². The van der Waals surface area contributed by atoms with Gasteiger partial charge < -0.3 is 5.32 Å². The molecule has 0 radical (unpaired) electrons. The van der Waals surface area contributed by atoms with E-state index in [0.717, 1.165) is 14.8 Å². The zero-order valence-electron chi connectivity index (χ0n) is 10.4. The van der Waals surface area contributed by atoms with Crippen molar-refractivity contribution >= 4 is 28.3 Å². The average Bonchev–Trinajstić information content (AvgIpc) is 2.23. The predicted molar refractivity (Wildman–Crippen MR) is 76.9 cm³/mol. The van der Waals surface area contributed by atoms with Crippen LogP contribution in [-0.4, -0.2) is 12.2 Å². The first-order chi connectivity index (χ1) is 8.29. The summed E-state index contributed by atoms with van der Waals surface area (Å²) in [5.74, 6) is 0. The Balaban J connectivity index is 2.45. The highest BCUT2D eigenvalue weighted by Crippen LogP contribution is 2.24. The van der Waals surface area contributed by atoms with Crippen LogP contribution in [0.2, 0.25) is 0 Å². The molecule has 102 valence electrons. The van der Waals surface area contributed by atoms with Crippen molar-refractivity contribution in [2.24, 2.45) is 0 Å². The van der Waals surface area contributed by atoms with E-state index in [1.807, 2.05) is 32.0 Å². The molecule has 1 aromatic rings. The first-order valence-electron chi connectivity index (χ1n) is 5.88. The fourth-order valence-electron chi connectivity index (χ4n) is 1.71. The molecule has 0 bridgehead atoms. The van der Waals surface area contributed by atoms with Crippen molar-refractivity contribution in [1.29, 1.82) is 0 Å². The highest BCUT2D eigenvalue weighted by atomic mass is 127. The molecule has 0 saturated heterocycles. The van der Waals surface area contributed by atoms with Gasteiger partial charge in [0.15, 0.2) is 0 Å². The Morgan fingerprint density at radius 1 is 1.33 bits per heavy atom. The van der Waals surface area contributed by atoms with E-state index >= 15 is 0 Å². The molecule has 1 unspecified atom stereocenters. The van der Waals surface area contributed by atoms with Gasteiger partial charge in [-0.2, -0.15) is 13.2 Å². The molecule has 0 aromatic heterocycles. The number of anilines is 1. The summed E-state index contributed by atoms with van der Waals surface area (Å²) in [6.45, 7) is 3.92. The van der Waals surface area contributed by atoms with Gasteiger partial charge in [0.1, 0.15) is 0 Å². The van der Waals surface area contributed by atoms with Crippen LogP contribution in [0.15, 0.2) is 18.2 Å². The van der Waals surface area contributed by atoms with Crippen LogP contribution in [0.5, 0.6) is 0 Å². The van der Waals surface area contributed by atoms with Gasteiger partial charge in [0.2, 0.25) is 0 Å². The molecular weight excluding hydrogens is 354 g/mol. The molecule has 1 rings (SSSR count). The maximum absolute atomic E-state index is 12.0. The van der Waals surface area contributed by atoms with Gasteiger partial charge in [-0.15, -0.1) is 0 Å². The largest absolute Gasteiger partial charge is 0.389 e. The molecule has 1 nitrogen and oxygen atoms in total. The minimum Gasteiger partial charge on any atom is -0.382 e. The summed E-state index contributed by atoms with van der Waals surface area (Å²) in [6.07, 6.45) is -4.06. The fraction of sp³-hybridized carbons (Fsp3) is 0.538. The van der Waals surface area contributed by atoms with Gasteiger partial charge in [-0.3, -0.25) is 0 Å². The Morgan fingerprint density at radius 3 is 2.61 bits per heavy atom. The summed E-state index contributed by atoms with van der Waals surface area (Å²) in [7, 11) is 0. The van der Waals surface area contributed by atoms with Crippen molar-refractivity contribution in [3.63, 3.8) is 0 Å². The van der Waals surface area contributed by atoms with Gasteiger partial charge in [-0.05, 0) is 67.0 Å². The Kier molecular flexibility index (Phi) is 5.75. The lowest BCUT2D eigenvalue weighted by Gasteiger charge is -2.18. The number of rotatable bonds is 5. The Hall–Kier alpha value is -0.460. The quantitative estimate of drug-likeness (QED) is 0.708. The fourth-order valence-corrected chi connectivity index (χ4v) is 2.21. The highest BCUT2D eigenvalue weighted by Gasteiger charge is 2.26. The summed E-state index contributed by atoms with van der Waals surface area (Å²) in [6, 6.07) is 5.96. The van der Waals surface area contributed by atoms with Crippen LogP contribution in [-0.2, 0) is 0 Å². The minimum atomic E-state index is -4.04. The van der Waals surface area contributed by atoms with Crippen molar-refractivity contribution in [2.45, 2.75) is 45.3 Å². The van der Waals surface area contributed by atoms with Crippen molar-refractivity contribution < 1.29 is 13.2 Å². The number of hydrogen-bond acceptors (Lipinski definition) is 1. The van der Waals surface area contributed by atoms with Crippen LogP contribution in [0.1, 0.15) is 31.7 Å². The summed E-state index contributed by atoms with van der Waals surface area (Å²) in [5.41, 5.74) is 2.14. The second kappa shape index (κ2) is 6.63. The molecule has 1 N–H and O–H groups in total. The van der Waals surface area contributed by atoms with Crippen molar-refractivity contribution in [3.8, 4) is 0 Å². The number of halogens is 4. The van der Waals surface area contributed by atoms with E-state index in [0.29, 0.717) is 6.42 Å². The van der Waals surface area contributed by atoms with Gasteiger partial charge in [0.25, 0.3) is 0 Å². The molecule has 0 heterocycles. The summed E-state index contributed by atoms with van der Waals surface area (Å²) < 4.78 is 37.2. The second-order valence-corrected chi connectivity index (χ2v) is 5.63. The molecule has 0 saturated carbocycles. The zero-order chi connectivity index (χ0) is 13.8. The van der Waals surface area contributed by atoms with Gasteiger partial charge in [-0.1, -0.05) is 6.07 Å². The van der Waals surface area contributed by atoms with Crippen LogP contribution >= 0.6 is 22.6 Å². The maximum Gasteiger partial charge on any atom is 0.389 e. The minimum absolute atomic E-state index is 0.0456. The Morgan fingerprint density at radius 2 is 2.00 bits per heavy atom. The lowest BCUT2D eigenvalue weighted by atomic mass is 10.1. The molecule has 0 aliphatic rings. The average molecular weight is 371 g/mol. The summed E-state index contributed by atoms with van der Waals surface area (Å²) in [5, 5.41) is 3.27. The zero-order valence-corrected chi connectivity index (χ0v) is 12.6. The second-order valence-electron chi connectivity index (χ2n) is 4.47. The normalized spacial score (nSPS) is 13.4. The first-order valence-corrected chi connectivity index (χ1v) is 6.96. The molecule has 5 heteroatoms. The van der Waals surface area contributed by atoms with Crippen LogP contribution in [0.25, 0.3) is 0 Å². The SMILES string of the molecule is Cc1c(I)cccc1NC(C)CCCC(F)(F)F. The van der Waals surface area contributed by atoms with E-state index in [1.54, 1.807) is 0 Å². The summed E-state index contributed by atoms with van der Waals surface area (Å²) in [4.78, 5) is 0. The molecule has 0 fully saturated rings. The van der Waals surface area contributed by atoms with Crippen molar-refractivity contribution in [2.75, 3.05) is 5.32 Å². The topological polar surface area (TPSA) is 12.0 Å². The van der Waals surface area contributed by atoms with E-state index < -0.39 is 12.6 Å². The smallest absolute Gasteiger partial charge is 0.382 e. The van der Waals surface area contributed by atoms with Gasteiger partial charge in [0.05, 0.1) is 0 Å². The summed E-state index contributed by atoms with van der Waals surface area (Å²) >= 11 is 2.25. The third-order valence-corrected chi connectivity index (χ3v) is 3.94. The van der Waals surface area contributed by atoms with E-state index in [-0.39, 0.29) is 12.5 Å². The standard InChI is InChI=1S/C13H17F3IN/c1-9(5-4-8-13(14,15)16)18-12-7-3-6-11(17)10(12)2/h3,6-7,9,18H,4-5,8H2,1-2H3. The van der Waals surface area contributed by atoms with Gasteiger partial charge >= 0.3 is 6.18 Å². The highest BCUT2D eigenvalue weighted by molar-refractivity contribution is 14.1. The van der Waals surface area contributed by atoms with Crippen LogP contribution < -0.4 is 5.32 Å². The van der Waals surface area contributed by atoms with Crippen molar-refractivity contribution in [3.05, 3.63) is 27.3 Å². The lowest BCUT2D eigenvalue weighted by molar-refractivity contribution is -0.135. The lowest BCUT2D eigenvalue weighted by Crippen LogP contribution is -2.17. The molecule has 1 atom stereocenters. The number of alkyl halides is 3.